The molecule has 0 aliphatic carbocycles. The van der Waals surface area contributed by atoms with Crippen molar-refractivity contribution < 1.29 is 4.79 Å². The van der Waals surface area contributed by atoms with Crippen LogP contribution in [-0.4, -0.2) is 27.5 Å². The van der Waals surface area contributed by atoms with Gasteiger partial charge in [-0.05, 0) is 18.6 Å². The van der Waals surface area contributed by atoms with Gasteiger partial charge in [0.1, 0.15) is 0 Å². The highest BCUT2D eigenvalue weighted by Crippen LogP contribution is 2.31. The van der Waals surface area contributed by atoms with Gasteiger partial charge in [0.15, 0.2) is 0 Å². The van der Waals surface area contributed by atoms with Crippen LogP contribution in [0.3, 0.4) is 0 Å². The summed E-state index contributed by atoms with van der Waals surface area (Å²) in [5, 5.41) is 8.28. The van der Waals surface area contributed by atoms with Crippen LogP contribution < -0.4 is 0 Å². The second-order valence-corrected chi connectivity index (χ2v) is 6.78. The van der Waals surface area contributed by atoms with Crippen LogP contribution in [0.5, 0.6) is 0 Å². The summed E-state index contributed by atoms with van der Waals surface area (Å²) in [5.41, 5.74) is 4.52. The molecule has 0 fully saturated rings. The number of H-pyrrole nitrogens is 1. The highest BCUT2D eigenvalue weighted by atomic mass is 35.5. The Balaban J connectivity index is 1.62. The molecule has 1 amide bonds. The number of hydrogen-bond donors (Lipinski definition) is 1. The van der Waals surface area contributed by atoms with Crippen molar-refractivity contribution in [2.24, 2.45) is 0 Å². The summed E-state index contributed by atoms with van der Waals surface area (Å²) in [6.07, 6.45) is 0.740. The third kappa shape index (κ3) is 2.92. The van der Waals surface area contributed by atoms with E-state index in [-0.39, 0.29) is 5.91 Å². The molecule has 2 aromatic carbocycles. The molecule has 126 valence electrons. The Kier molecular flexibility index (Phi) is 4.24. The molecule has 1 aliphatic rings. The highest BCUT2D eigenvalue weighted by Gasteiger charge is 2.28. The van der Waals surface area contributed by atoms with Crippen molar-refractivity contribution in [3.8, 4) is 11.3 Å². The molecule has 0 saturated heterocycles. The number of amides is 1. The minimum absolute atomic E-state index is 0.155. The number of aromatic nitrogens is 2. The van der Waals surface area contributed by atoms with E-state index < -0.39 is 0 Å². The molecule has 0 atom stereocenters. The number of carbonyl (C=O) groups is 1. The number of nitrogens with one attached hydrogen (secondary N) is 1. The van der Waals surface area contributed by atoms with E-state index in [4.69, 9.17) is 23.2 Å². The van der Waals surface area contributed by atoms with E-state index in [9.17, 15) is 4.79 Å². The lowest BCUT2D eigenvalue weighted by Crippen LogP contribution is -2.36. The van der Waals surface area contributed by atoms with Gasteiger partial charge in [0.05, 0.1) is 33.5 Å². The van der Waals surface area contributed by atoms with Crippen LogP contribution in [0.1, 0.15) is 21.6 Å². The summed E-state index contributed by atoms with van der Waals surface area (Å²) >= 11 is 12.4. The first-order valence-electron chi connectivity index (χ1n) is 8.00. The predicted molar refractivity (Wildman–Crippen MR) is 98.9 cm³/mol. The molecular weight excluding hydrogens is 357 g/mol. The number of aromatic amines is 1. The summed E-state index contributed by atoms with van der Waals surface area (Å²) in [5.74, 6) is -0.155. The molecule has 3 aromatic rings. The Morgan fingerprint density at radius 3 is 2.48 bits per heavy atom. The minimum atomic E-state index is -0.155. The van der Waals surface area contributed by atoms with Gasteiger partial charge in [-0.25, -0.2) is 0 Å². The Morgan fingerprint density at radius 1 is 1.04 bits per heavy atom. The average molecular weight is 372 g/mol. The highest BCUT2D eigenvalue weighted by molar-refractivity contribution is 6.39. The Morgan fingerprint density at radius 2 is 1.76 bits per heavy atom. The molecule has 4 rings (SSSR count). The summed E-state index contributed by atoms with van der Waals surface area (Å²) < 4.78 is 0. The van der Waals surface area contributed by atoms with Crippen molar-refractivity contribution in [2.75, 3.05) is 6.54 Å². The molecule has 2 heterocycles. The predicted octanol–water partition coefficient (Wildman–Crippen LogP) is 4.58. The topological polar surface area (TPSA) is 49.0 Å². The van der Waals surface area contributed by atoms with Crippen LogP contribution in [0.2, 0.25) is 10.0 Å². The fourth-order valence-electron chi connectivity index (χ4n) is 3.19. The maximum Gasteiger partial charge on any atom is 0.257 e. The molecule has 1 aliphatic heterocycles. The maximum absolute atomic E-state index is 12.9. The van der Waals surface area contributed by atoms with Gasteiger partial charge in [-0.2, -0.15) is 5.10 Å². The molecule has 1 N–H and O–H groups in total. The number of carbonyl (C=O) groups excluding carboxylic acids is 1. The first-order valence-corrected chi connectivity index (χ1v) is 8.75. The zero-order valence-corrected chi connectivity index (χ0v) is 14.8. The van der Waals surface area contributed by atoms with E-state index >= 15 is 0 Å². The van der Waals surface area contributed by atoms with Gasteiger partial charge in [-0.15, -0.1) is 0 Å². The molecule has 0 radical (unpaired) electrons. The van der Waals surface area contributed by atoms with Crippen molar-refractivity contribution in [3.63, 3.8) is 0 Å². The maximum atomic E-state index is 12.9. The lowest BCUT2D eigenvalue weighted by atomic mass is 9.99. The molecule has 6 heteroatoms. The van der Waals surface area contributed by atoms with E-state index in [1.165, 1.54) is 5.56 Å². The second-order valence-electron chi connectivity index (χ2n) is 5.97. The fourth-order valence-corrected chi connectivity index (χ4v) is 3.75. The van der Waals surface area contributed by atoms with Crippen molar-refractivity contribution in [2.45, 2.75) is 13.0 Å². The number of benzene rings is 2. The number of rotatable bonds is 2. The quantitative estimate of drug-likeness (QED) is 0.716. The van der Waals surface area contributed by atoms with E-state index in [0.717, 1.165) is 23.4 Å². The molecule has 25 heavy (non-hydrogen) atoms. The largest absolute Gasteiger partial charge is 0.332 e. The van der Waals surface area contributed by atoms with Crippen LogP contribution in [0.25, 0.3) is 11.3 Å². The van der Waals surface area contributed by atoms with Crippen LogP contribution in [0.15, 0.2) is 48.5 Å². The van der Waals surface area contributed by atoms with Crippen molar-refractivity contribution in [1.82, 2.24) is 15.1 Å². The Labute approximate surface area is 155 Å². The summed E-state index contributed by atoms with van der Waals surface area (Å²) in [6.45, 7) is 1.07. The molecule has 0 bridgehead atoms. The van der Waals surface area contributed by atoms with E-state index in [1.807, 2.05) is 30.3 Å². The first kappa shape index (κ1) is 16.2. The monoisotopic (exact) mass is 371 g/mol. The standard InChI is InChI=1S/C19H15Cl2N3O/c20-14-7-4-8-15(21)17(14)19(25)24-10-9-13-16(11-24)22-23-18(13)12-5-2-1-3-6-12/h1-8H,9-11H2,(H,22,23). The number of fused-ring (bicyclic) bond motifs is 1. The average Bonchev–Trinajstić information content (AvgIpc) is 3.05. The molecule has 0 unspecified atom stereocenters. The van der Waals surface area contributed by atoms with Gasteiger partial charge in [-0.1, -0.05) is 59.6 Å². The minimum Gasteiger partial charge on any atom is -0.332 e. The van der Waals surface area contributed by atoms with Crippen LogP contribution >= 0.6 is 23.2 Å². The first-order chi connectivity index (χ1) is 12.1. The van der Waals surface area contributed by atoms with E-state index in [0.29, 0.717) is 28.7 Å². The molecular formula is C19H15Cl2N3O. The van der Waals surface area contributed by atoms with Gasteiger partial charge in [0, 0.05) is 17.7 Å². The third-order valence-corrected chi connectivity index (χ3v) is 5.07. The normalized spacial score (nSPS) is 13.6. The van der Waals surface area contributed by atoms with Gasteiger partial charge >= 0.3 is 0 Å². The van der Waals surface area contributed by atoms with E-state index in [2.05, 4.69) is 10.2 Å². The number of hydrogen-bond acceptors (Lipinski definition) is 2. The fraction of sp³-hybridized carbons (Fsp3) is 0.158. The third-order valence-electron chi connectivity index (χ3n) is 4.44. The van der Waals surface area contributed by atoms with Gasteiger partial charge in [-0.3, -0.25) is 9.89 Å². The lowest BCUT2D eigenvalue weighted by molar-refractivity contribution is 0.0733. The molecule has 0 saturated carbocycles. The zero-order valence-electron chi connectivity index (χ0n) is 13.3. The van der Waals surface area contributed by atoms with Crippen LogP contribution in [0, 0.1) is 0 Å². The van der Waals surface area contributed by atoms with Crippen molar-refractivity contribution >= 4 is 29.1 Å². The molecule has 1 aromatic heterocycles. The lowest BCUT2D eigenvalue weighted by Gasteiger charge is -2.27. The summed E-state index contributed by atoms with van der Waals surface area (Å²) in [4.78, 5) is 14.6. The van der Waals surface area contributed by atoms with E-state index in [1.54, 1.807) is 23.1 Å². The van der Waals surface area contributed by atoms with Crippen LogP contribution in [0.4, 0.5) is 0 Å². The van der Waals surface area contributed by atoms with Crippen LogP contribution in [-0.2, 0) is 13.0 Å². The summed E-state index contributed by atoms with van der Waals surface area (Å²) in [7, 11) is 0. The Hall–Kier alpha value is -2.30. The Bertz CT molecular complexity index is 917. The van der Waals surface area contributed by atoms with Gasteiger partial charge < -0.3 is 4.90 Å². The zero-order chi connectivity index (χ0) is 17.4. The smallest absolute Gasteiger partial charge is 0.257 e. The summed E-state index contributed by atoms with van der Waals surface area (Å²) in [6, 6.07) is 15.1. The molecule has 0 spiro atoms. The second kappa shape index (κ2) is 6.54. The van der Waals surface area contributed by atoms with Gasteiger partial charge in [0.25, 0.3) is 5.91 Å². The number of halogens is 2. The molecule has 4 nitrogen and oxygen atoms in total. The SMILES string of the molecule is O=C(c1c(Cl)cccc1Cl)N1CCc2c(-c3ccccc3)n[nH]c2C1. The number of nitrogens with zero attached hydrogens (tertiary/aromatic N) is 2. The van der Waals surface area contributed by atoms with Crippen molar-refractivity contribution in [3.05, 3.63) is 75.4 Å². The van der Waals surface area contributed by atoms with Gasteiger partial charge in [0.2, 0.25) is 0 Å². The van der Waals surface area contributed by atoms with Crippen molar-refractivity contribution in [1.29, 1.82) is 0 Å².